The minimum absolute atomic E-state index is 0.0159. The van der Waals surface area contributed by atoms with Crippen LogP contribution in [0.2, 0.25) is 0 Å². The maximum absolute atomic E-state index is 6.50. The Morgan fingerprint density at radius 1 is 0.500 bits per heavy atom. The second-order valence-electron chi connectivity index (χ2n) is 17.2. The molecule has 4 aliphatic rings. The molecule has 6 unspecified atom stereocenters. The predicted octanol–water partition coefficient (Wildman–Crippen LogP) is 13.2. The minimum atomic E-state index is -0.155. The fourth-order valence-corrected chi connectivity index (χ4v) is 16.3. The highest BCUT2D eigenvalue weighted by Crippen LogP contribution is 2.53. The quantitative estimate of drug-likeness (QED) is 0.117. The molecule has 0 aliphatic carbocycles. The molecule has 4 heterocycles. The number of aryl methyl sites for hydroxylation is 1. The molecule has 0 N–H and O–H groups in total. The molecule has 4 aromatic rings. The van der Waals surface area contributed by atoms with Gasteiger partial charge in [0.2, 0.25) is 0 Å². The third kappa shape index (κ3) is 16.8. The number of rotatable bonds is 10. The van der Waals surface area contributed by atoms with Crippen LogP contribution in [0, 0.1) is 0 Å². The molecule has 0 amide bonds. The molecule has 6 atom stereocenters. The molecule has 0 aromatic heterocycles. The van der Waals surface area contributed by atoms with Crippen molar-refractivity contribution in [1.29, 1.82) is 0 Å². The monoisotopic (exact) mass is 1100 g/mol. The summed E-state index contributed by atoms with van der Waals surface area (Å²) in [6.07, 6.45) is 9.17. The van der Waals surface area contributed by atoms with Crippen LogP contribution in [0.3, 0.4) is 0 Å². The molecule has 4 saturated heterocycles. The molecule has 16 heteroatoms. The SMILES string of the molecule is S=C1SC(c2ccc(-c3ccc(-c4ccc(-c5ccc(C6SC(=S)C(S)S6)cc5)c(CCC5CCOCCOCCCOCCO5)c4)cc3C=CC3CCOCCOCCCOCCO3)cc2)SC1S. The van der Waals surface area contributed by atoms with Crippen molar-refractivity contribution in [2.75, 3.05) is 92.5 Å². The average Bonchev–Trinajstić information content (AvgIpc) is 3.91. The first kappa shape index (κ1) is 54.8. The topological polar surface area (TPSA) is 73.8 Å². The van der Waals surface area contributed by atoms with Gasteiger partial charge in [0.25, 0.3) is 0 Å². The van der Waals surface area contributed by atoms with Gasteiger partial charge in [0.15, 0.2) is 0 Å². The standard InChI is InChI=1S/C54H64O8S8/c63-49-50(64)68-53(67-49)39-7-3-37(4-8-39)47-17-13-41(35-43(47)11-15-45-19-25-59-29-27-55-21-1-23-57-31-33-61-45)42-14-18-48(38-5-9-40(10-6-38)54-69-51(65)52(66)70-54)44(36-42)12-16-46-20-26-60-30-28-56-22-2-24-58-32-34-62-46/h3-11,13-15,17-18,35-36,45-46,49,51,53-54,63,65H,1-2,12,16,19-34H2. The maximum atomic E-state index is 6.50. The van der Waals surface area contributed by atoms with E-state index < -0.39 is 0 Å². The zero-order valence-electron chi connectivity index (χ0n) is 39.5. The first-order valence-corrected chi connectivity index (χ1v) is 29.8. The Morgan fingerprint density at radius 2 is 0.971 bits per heavy atom. The molecule has 0 radical (unpaired) electrons. The number of thiocarbonyl (C=S) groups is 2. The van der Waals surface area contributed by atoms with Crippen LogP contribution < -0.4 is 0 Å². The van der Waals surface area contributed by atoms with Gasteiger partial charge < -0.3 is 37.9 Å². The Hall–Kier alpha value is -1.42. The summed E-state index contributed by atoms with van der Waals surface area (Å²) in [5, 5.41) is 0. The van der Waals surface area contributed by atoms with E-state index in [0.29, 0.717) is 92.5 Å². The van der Waals surface area contributed by atoms with Crippen molar-refractivity contribution in [3.8, 4) is 33.4 Å². The van der Waals surface area contributed by atoms with E-state index in [1.807, 2.05) is 0 Å². The first-order valence-electron chi connectivity index (χ1n) is 24.3. The smallest absolute Gasteiger partial charge is 0.0898 e. The molecular formula is C54H64O8S8. The molecule has 4 aromatic carbocycles. The largest absolute Gasteiger partial charge is 0.379 e. The number of benzene rings is 4. The summed E-state index contributed by atoms with van der Waals surface area (Å²) in [7, 11) is 0. The molecular weight excluding hydrogens is 1030 g/mol. The summed E-state index contributed by atoms with van der Waals surface area (Å²) in [6, 6.07) is 31.7. The van der Waals surface area contributed by atoms with E-state index in [1.54, 1.807) is 47.0 Å². The lowest BCUT2D eigenvalue weighted by Gasteiger charge is -2.20. The molecule has 8 nitrogen and oxygen atoms in total. The van der Waals surface area contributed by atoms with Crippen LogP contribution in [0.4, 0.5) is 0 Å². The lowest BCUT2D eigenvalue weighted by atomic mass is 9.89. The van der Waals surface area contributed by atoms with Crippen LogP contribution in [0.25, 0.3) is 39.5 Å². The van der Waals surface area contributed by atoms with Crippen molar-refractivity contribution in [1.82, 2.24) is 0 Å². The van der Waals surface area contributed by atoms with E-state index in [1.165, 1.54) is 27.8 Å². The highest BCUT2D eigenvalue weighted by Gasteiger charge is 2.31. The van der Waals surface area contributed by atoms with Crippen LogP contribution in [0.5, 0.6) is 0 Å². The van der Waals surface area contributed by atoms with Gasteiger partial charge in [-0.2, -0.15) is 25.3 Å². The molecule has 0 spiro atoms. The molecule has 376 valence electrons. The number of thioether (sulfide) groups is 4. The predicted molar refractivity (Wildman–Crippen MR) is 310 cm³/mol. The van der Waals surface area contributed by atoms with Crippen molar-refractivity contribution in [3.05, 3.63) is 113 Å². The van der Waals surface area contributed by atoms with Crippen molar-refractivity contribution in [2.24, 2.45) is 0 Å². The van der Waals surface area contributed by atoms with Crippen LogP contribution in [0.15, 0.2) is 91.0 Å². The van der Waals surface area contributed by atoms with Crippen molar-refractivity contribution in [2.45, 2.75) is 69.1 Å². The molecule has 0 saturated carbocycles. The van der Waals surface area contributed by atoms with Crippen LogP contribution >= 0.6 is 96.7 Å². The number of thiol groups is 2. The van der Waals surface area contributed by atoms with E-state index in [0.717, 1.165) is 74.7 Å². The van der Waals surface area contributed by atoms with Crippen molar-refractivity contribution >= 4 is 111 Å². The third-order valence-electron chi connectivity index (χ3n) is 12.2. The zero-order chi connectivity index (χ0) is 48.3. The summed E-state index contributed by atoms with van der Waals surface area (Å²) < 4.78 is 50.5. The summed E-state index contributed by atoms with van der Waals surface area (Å²) in [5.74, 6) is 0. The Morgan fingerprint density at radius 3 is 1.53 bits per heavy atom. The van der Waals surface area contributed by atoms with Gasteiger partial charge >= 0.3 is 0 Å². The highest BCUT2D eigenvalue weighted by atomic mass is 32.2. The summed E-state index contributed by atoms with van der Waals surface area (Å²) in [6.45, 7) is 8.29. The molecule has 0 bridgehead atoms. The Balaban J connectivity index is 1.10. The van der Waals surface area contributed by atoms with E-state index >= 15 is 0 Å². The first-order chi connectivity index (χ1) is 34.4. The highest BCUT2D eigenvalue weighted by molar-refractivity contribution is 8.39. The fourth-order valence-electron chi connectivity index (χ4n) is 8.46. The lowest BCUT2D eigenvalue weighted by molar-refractivity contribution is -0.0304. The van der Waals surface area contributed by atoms with Crippen molar-refractivity contribution < 1.29 is 37.9 Å². The summed E-state index contributed by atoms with van der Waals surface area (Å²) in [4.78, 5) is 0. The van der Waals surface area contributed by atoms with Gasteiger partial charge in [-0.1, -0.05) is 139 Å². The number of ether oxygens (including phenoxy) is 8. The minimum Gasteiger partial charge on any atom is -0.379 e. The average molecular weight is 1100 g/mol. The second kappa shape index (κ2) is 29.6. The van der Waals surface area contributed by atoms with Gasteiger partial charge in [-0.15, -0.1) is 23.5 Å². The van der Waals surface area contributed by atoms with Gasteiger partial charge in [-0.3, -0.25) is 0 Å². The number of hydrogen-bond acceptors (Lipinski definition) is 16. The second-order valence-corrected chi connectivity index (χ2v) is 25.6. The van der Waals surface area contributed by atoms with Gasteiger partial charge in [-0.25, -0.2) is 0 Å². The molecule has 70 heavy (non-hydrogen) atoms. The molecule has 4 fully saturated rings. The van der Waals surface area contributed by atoms with Crippen LogP contribution in [0.1, 0.15) is 63.5 Å². The maximum Gasteiger partial charge on any atom is 0.0898 e. The normalized spacial score (nSPS) is 25.7. The van der Waals surface area contributed by atoms with E-state index in [2.05, 4.69) is 97.1 Å². The van der Waals surface area contributed by atoms with E-state index in [-0.39, 0.29) is 30.5 Å². The Labute approximate surface area is 453 Å². The van der Waals surface area contributed by atoms with Crippen LogP contribution in [-0.2, 0) is 44.3 Å². The summed E-state index contributed by atoms with van der Waals surface area (Å²) >= 11 is 27.6. The number of hydrogen-bond donors (Lipinski definition) is 2. The van der Waals surface area contributed by atoms with Crippen LogP contribution in [-0.4, -0.2) is 122 Å². The Kier molecular flexibility index (Phi) is 23.2. The van der Waals surface area contributed by atoms with Crippen molar-refractivity contribution in [3.63, 3.8) is 0 Å². The van der Waals surface area contributed by atoms with E-state index in [9.17, 15) is 0 Å². The molecule has 8 rings (SSSR count). The lowest BCUT2D eigenvalue weighted by Crippen LogP contribution is -2.21. The zero-order valence-corrected chi connectivity index (χ0v) is 46.1. The van der Waals surface area contributed by atoms with Gasteiger partial charge in [0, 0.05) is 46.1 Å². The fraction of sp³-hybridized carbons (Fsp3) is 0.481. The molecule has 4 aliphatic heterocycles. The van der Waals surface area contributed by atoms with Gasteiger partial charge in [-0.05, 0) is 93.8 Å². The van der Waals surface area contributed by atoms with E-state index in [4.69, 9.17) is 87.6 Å². The Bertz CT molecular complexity index is 2270. The third-order valence-corrected chi connectivity index (χ3v) is 21.0. The van der Waals surface area contributed by atoms with Gasteiger partial charge in [0.05, 0.1) is 91.8 Å². The summed E-state index contributed by atoms with van der Waals surface area (Å²) in [5.41, 5.74) is 11.8. The van der Waals surface area contributed by atoms with Gasteiger partial charge in [0.1, 0.15) is 0 Å².